The average Bonchev–Trinajstić information content (AvgIpc) is 2.80. The van der Waals surface area contributed by atoms with Crippen LogP contribution in [0, 0.1) is 0 Å². The molecule has 0 spiro atoms. The van der Waals surface area contributed by atoms with Gasteiger partial charge in [-0.1, -0.05) is 134 Å². The molecule has 0 amide bonds. The summed E-state index contributed by atoms with van der Waals surface area (Å²) in [5, 5.41) is 17.6. The van der Waals surface area contributed by atoms with Gasteiger partial charge >= 0.3 is 11.9 Å². The first kappa shape index (κ1) is 29.1. The van der Waals surface area contributed by atoms with Crippen molar-refractivity contribution in [1.82, 2.24) is 0 Å². The van der Waals surface area contributed by atoms with Crippen LogP contribution in [-0.4, -0.2) is 22.2 Å². The average molecular weight is 677 g/mol. The van der Waals surface area contributed by atoms with Crippen molar-refractivity contribution in [1.29, 1.82) is 0 Å². The van der Waals surface area contributed by atoms with E-state index in [4.69, 9.17) is 116 Å². The Hall–Kier alpha value is -0.500. The van der Waals surface area contributed by atoms with Crippen LogP contribution in [-0.2, 0) is 9.59 Å². The topological polar surface area (TPSA) is 74.6 Å². The zero-order valence-corrected chi connectivity index (χ0v) is 23.9. The first-order valence-corrected chi connectivity index (χ1v) is 12.6. The molecule has 0 fully saturated rings. The van der Waals surface area contributed by atoms with E-state index >= 15 is 0 Å². The molecule has 0 aliphatic carbocycles. The zero-order chi connectivity index (χ0) is 26.5. The van der Waals surface area contributed by atoms with E-state index in [-0.39, 0.29) is 78.0 Å². The van der Waals surface area contributed by atoms with E-state index in [1.807, 2.05) is 0 Å². The molecule has 0 atom stereocenters. The summed E-state index contributed by atoms with van der Waals surface area (Å²) >= 11 is 63.1. The van der Waals surface area contributed by atoms with E-state index in [0.717, 1.165) is 0 Å². The highest BCUT2D eigenvalue weighted by molar-refractivity contribution is 6.58. The molecular formula is C21H6Cl10O4. The summed E-state index contributed by atoms with van der Waals surface area (Å²) in [6.45, 7) is 0. The van der Waals surface area contributed by atoms with Gasteiger partial charge in [-0.3, -0.25) is 9.59 Å². The number of carbonyl (C=O) groups is 2. The third kappa shape index (κ3) is 5.00. The smallest absolute Gasteiger partial charge is 0.322 e. The van der Waals surface area contributed by atoms with Gasteiger partial charge < -0.3 is 10.2 Å². The van der Waals surface area contributed by atoms with E-state index in [2.05, 4.69) is 0 Å². The minimum Gasteiger partial charge on any atom is -0.480 e. The van der Waals surface area contributed by atoms with E-state index in [0.29, 0.717) is 0 Å². The fourth-order valence-electron chi connectivity index (χ4n) is 3.34. The van der Waals surface area contributed by atoms with E-state index in [1.165, 1.54) is 18.2 Å². The number of carboxylic acid groups (broad SMARTS) is 2. The molecule has 0 heterocycles. The van der Waals surface area contributed by atoms with Crippen molar-refractivity contribution in [2.45, 2.75) is 5.92 Å². The van der Waals surface area contributed by atoms with Crippen LogP contribution in [0.5, 0.6) is 0 Å². The molecule has 0 saturated carbocycles. The number of halogens is 10. The Labute approximate surface area is 248 Å². The Bertz CT molecular complexity index is 1350. The molecule has 0 bridgehead atoms. The van der Waals surface area contributed by atoms with Crippen molar-refractivity contribution in [2.75, 3.05) is 0 Å². The maximum Gasteiger partial charge on any atom is 0.322 e. The number of carboxylic acids is 2. The highest BCUT2D eigenvalue weighted by Crippen LogP contribution is 2.55. The summed E-state index contributed by atoms with van der Waals surface area (Å²) in [4.78, 5) is 24.0. The van der Waals surface area contributed by atoms with E-state index in [9.17, 15) is 19.8 Å². The molecule has 3 aromatic rings. The van der Waals surface area contributed by atoms with Crippen LogP contribution in [0.4, 0.5) is 0 Å². The standard InChI is InChI=1S/C21H6Cl10O4/c22-10-7(11(23)15(27)18(30)14(10)26)4-2-1-3-5(8(20(32)33)21(34)35)6(4)9-12(24)16(28)19(31)17(29)13(9)25/h1-3,8H,(H,32,33)(H,34,35). The van der Waals surface area contributed by atoms with Gasteiger partial charge in [-0.25, -0.2) is 0 Å². The Morgan fingerprint density at radius 1 is 0.514 bits per heavy atom. The van der Waals surface area contributed by atoms with Crippen LogP contribution in [0.2, 0.25) is 50.2 Å². The monoisotopic (exact) mass is 672 g/mol. The summed E-state index contributed by atoms with van der Waals surface area (Å²) in [6.07, 6.45) is 0. The molecule has 2 N–H and O–H groups in total. The van der Waals surface area contributed by atoms with Crippen molar-refractivity contribution >= 4 is 128 Å². The number of rotatable bonds is 5. The lowest BCUT2D eigenvalue weighted by Crippen LogP contribution is -2.22. The normalized spacial score (nSPS) is 11.3. The third-order valence-electron chi connectivity index (χ3n) is 4.84. The van der Waals surface area contributed by atoms with Crippen molar-refractivity contribution in [3.8, 4) is 22.3 Å². The Morgan fingerprint density at radius 3 is 1.23 bits per heavy atom. The Balaban J connectivity index is 2.67. The summed E-state index contributed by atoms with van der Waals surface area (Å²) < 4.78 is 0. The van der Waals surface area contributed by atoms with Gasteiger partial charge in [0.1, 0.15) is 0 Å². The molecule has 0 aliphatic rings. The molecule has 0 saturated heterocycles. The van der Waals surface area contributed by atoms with Gasteiger partial charge in [-0.2, -0.15) is 0 Å². The molecule has 0 aliphatic heterocycles. The second-order valence-electron chi connectivity index (χ2n) is 6.77. The van der Waals surface area contributed by atoms with Gasteiger partial charge in [0.25, 0.3) is 0 Å². The van der Waals surface area contributed by atoms with Gasteiger partial charge in [0.2, 0.25) is 0 Å². The van der Waals surface area contributed by atoms with Crippen LogP contribution >= 0.6 is 116 Å². The largest absolute Gasteiger partial charge is 0.480 e. The van der Waals surface area contributed by atoms with Crippen LogP contribution in [0.15, 0.2) is 18.2 Å². The molecule has 0 radical (unpaired) electrons. The van der Waals surface area contributed by atoms with Crippen molar-refractivity contribution in [3.63, 3.8) is 0 Å². The minimum atomic E-state index is -2.08. The van der Waals surface area contributed by atoms with Gasteiger partial charge in [-0.15, -0.1) is 0 Å². The first-order valence-electron chi connectivity index (χ1n) is 8.86. The predicted molar refractivity (Wildman–Crippen MR) is 145 cm³/mol. The molecule has 14 heteroatoms. The summed E-state index contributed by atoms with van der Waals surface area (Å²) in [5.74, 6) is -5.45. The van der Waals surface area contributed by atoms with E-state index < -0.39 is 17.9 Å². The molecule has 3 aromatic carbocycles. The second kappa shape index (κ2) is 11.1. The first-order chi connectivity index (χ1) is 16.2. The SMILES string of the molecule is O=C(O)C(C(=O)O)c1cccc(-c2c(Cl)c(Cl)c(Cl)c(Cl)c2Cl)c1-c1c(Cl)c(Cl)c(Cl)c(Cl)c1Cl. The number of hydrogen-bond donors (Lipinski definition) is 2. The maximum absolute atomic E-state index is 12.0. The number of aliphatic carboxylic acids is 2. The molecule has 0 aromatic heterocycles. The second-order valence-corrected chi connectivity index (χ2v) is 10.5. The highest BCUT2D eigenvalue weighted by atomic mass is 35.5. The summed E-state index contributed by atoms with van der Waals surface area (Å²) in [7, 11) is 0. The number of benzene rings is 3. The van der Waals surface area contributed by atoms with Crippen LogP contribution < -0.4 is 0 Å². The zero-order valence-electron chi connectivity index (χ0n) is 16.3. The molecular weight excluding hydrogens is 671 g/mol. The predicted octanol–water partition coefficient (Wildman–Crippen LogP) is 10.8. The summed E-state index contributed by atoms with van der Waals surface area (Å²) in [5.41, 5.74) is -0.441. The van der Waals surface area contributed by atoms with Crippen LogP contribution in [0.3, 0.4) is 0 Å². The van der Waals surface area contributed by atoms with Gasteiger partial charge in [-0.05, 0) is 16.7 Å². The fourth-order valence-corrected chi connectivity index (χ4v) is 6.00. The molecule has 35 heavy (non-hydrogen) atoms. The van der Waals surface area contributed by atoms with Crippen molar-refractivity contribution in [3.05, 3.63) is 74.0 Å². The molecule has 0 unspecified atom stereocenters. The van der Waals surface area contributed by atoms with Crippen LogP contribution in [0.1, 0.15) is 11.5 Å². The van der Waals surface area contributed by atoms with Crippen molar-refractivity contribution in [2.24, 2.45) is 0 Å². The highest BCUT2D eigenvalue weighted by Gasteiger charge is 2.35. The van der Waals surface area contributed by atoms with Gasteiger partial charge in [0, 0.05) is 11.1 Å². The molecule has 3 rings (SSSR count). The van der Waals surface area contributed by atoms with Crippen molar-refractivity contribution < 1.29 is 19.8 Å². The lowest BCUT2D eigenvalue weighted by molar-refractivity contribution is -0.150. The maximum atomic E-state index is 12.0. The quantitative estimate of drug-likeness (QED) is 0.160. The fraction of sp³-hybridized carbons (Fsp3) is 0.0476. The van der Waals surface area contributed by atoms with E-state index in [1.54, 1.807) is 0 Å². The number of hydrogen-bond acceptors (Lipinski definition) is 2. The molecule has 184 valence electrons. The lowest BCUT2D eigenvalue weighted by Gasteiger charge is -2.23. The molecule has 4 nitrogen and oxygen atoms in total. The Morgan fingerprint density at radius 2 is 0.857 bits per heavy atom. The minimum absolute atomic E-state index is 0.00607. The summed E-state index contributed by atoms with van der Waals surface area (Å²) in [6, 6.07) is 4.06. The third-order valence-corrected chi connectivity index (χ3v) is 9.39. The van der Waals surface area contributed by atoms with Gasteiger partial charge in [0.15, 0.2) is 5.92 Å². The van der Waals surface area contributed by atoms with Gasteiger partial charge in [0.05, 0.1) is 50.2 Å². The van der Waals surface area contributed by atoms with Crippen LogP contribution in [0.25, 0.3) is 22.3 Å². The Kier molecular flexibility index (Phi) is 9.20. The lowest BCUT2D eigenvalue weighted by atomic mass is 9.84.